The van der Waals surface area contributed by atoms with Gasteiger partial charge in [-0.2, -0.15) is 0 Å². The molecule has 27 heavy (non-hydrogen) atoms. The van der Waals surface area contributed by atoms with Crippen LogP contribution in [0.15, 0.2) is 59.4 Å². The van der Waals surface area contributed by atoms with Gasteiger partial charge in [0, 0.05) is 11.6 Å². The SMILES string of the molecule is N=C(N)c1ccc(-c2cc(=O)n(-c3ccc(CC(N)C(=O)O)cc3)[nH]2)cc1. The van der Waals surface area contributed by atoms with Crippen molar-refractivity contribution in [1.82, 2.24) is 9.78 Å². The third-order valence-electron chi connectivity index (χ3n) is 4.19. The molecule has 0 amide bonds. The van der Waals surface area contributed by atoms with Gasteiger partial charge in [-0.3, -0.25) is 20.1 Å². The number of nitrogens with two attached hydrogens (primary N) is 2. The number of benzene rings is 2. The Morgan fingerprint density at radius 1 is 1.15 bits per heavy atom. The maximum Gasteiger partial charge on any atom is 0.320 e. The van der Waals surface area contributed by atoms with E-state index in [0.29, 0.717) is 16.9 Å². The molecule has 1 unspecified atom stereocenters. The highest BCUT2D eigenvalue weighted by Gasteiger charge is 2.12. The van der Waals surface area contributed by atoms with Crippen LogP contribution in [0.3, 0.4) is 0 Å². The Morgan fingerprint density at radius 3 is 2.33 bits per heavy atom. The van der Waals surface area contributed by atoms with Crippen molar-refractivity contribution in [2.45, 2.75) is 12.5 Å². The Hall–Kier alpha value is -3.65. The second-order valence-electron chi connectivity index (χ2n) is 6.15. The standard InChI is InChI=1S/C19H19N5O3/c20-15(19(26)27)9-11-1-7-14(8-2-11)24-17(25)10-16(23-24)12-3-5-13(6-4-12)18(21)22/h1-8,10,15,23H,9,20H2,(H3,21,22)(H,26,27). The number of H-pyrrole nitrogens is 1. The highest BCUT2D eigenvalue weighted by atomic mass is 16.4. The number of carbonyl (C=O) groups is 1. The summed E-state index contributed by atoms with van der Waals surface area (Å²) >= 11 is 0. The summed E-state index contributed by atoms with van der Waals surface area (Å²) in [5, 5.41) is 19.3. The normalized spacial score (nSPS) is 11.9. The summed E-state index contributed by atoms with van der Waals surface area (Å²) in [7, 11) is 0. The molecule has 8 nitrogen and oxygen atoms in total. The Balaban J connectivity index is 1.85. The highest BCUT2D eigenvalue weighted by Crippen LogP contribution is 2.17. The van der Waals surface area contributed by atoms with E-state index in [1.54, 1.807) is 48.5 Å². The van der Waals surface area contributed by atoms with E-state index in [0.717, 1.165) is 11.1 Å². The van der Waals surface area contributed by atoms with E-state index in [1.807, 2.05) is 0 Å². The fourth-order valence-corrected chi connectivity index (χ4v) is 2.69. The van der Waals surface area contributed by atoms with Gasteiger partial charge >= 0.3 is 5.97 Å². The third-order valence-corrected chi connectivity index (χ3v) is 4.19. The van der Waals surface area contributed by atoms with Crippen molar-refractivity contribution in [1.29, 1.82) is 5.41 Å². The molecule has 0 aliphatic heterocycles. The minimum atomic E-state index is -1.06. The number of nitrogens with zero attached hydrogens (tertiary/aromatic N) is 1. The largest absolute Gasteiger partial charge is 0.480 e. The first-order valence-corrected chi connectivity index (χ1v) is 8.20. The zero-order valence-electron chi connectivity index (χ0n) is 14.3. The first kappa shape index (κ1) is 18.2. The lowest BCUT2D eigenvalue weighted by molar-refractivity contribution is -0.138. The van der Waals surface area contributed by atoms with Crippen LogP contribution in [-0.2, 0) is 11.2 Å². The van der Waals surface area contributed by atoms with Gasteiger partial charge in [0.15, 0.2) is 0 Å². The molecule has 7 N–H and O–H groups in total. The van der Waals surface area contributed by atoms with E-state index in [2.05, 4.69) is 5.10 Å². The topological polar surface area (TPSA) is 151 Å². The molecule has 8 heteroatoms. The van der Waals surface area contributed by atoms with Crippen molar-refractivity contribution >= 4 is 11.8 Å². The van der Waals surface area contributed by atoms with Gasteiger partial charge in [0.1, 0.15) is 11.9 Å². The molecular weight excluding hydrogens is 346 g/mol. The Labute approximate surface area is 154 Å². The van der Waals surface area contributed by atoms with E-state index >= 15 is 0 Å². The highest BCUT2D eigenvalue weighted by molar-refractivity contribution is 5.95. The number of aromatic amines is 1. The zero-order chi connectivity index (χ0) is 19.6. The zero-order valence-corrected chi connectivity index (χ0v) is 14.3. The summed E-state index contributed by atoms with van der Waals surface area (Å²) in [6.45, 7) is 0. The molecule has 0 aliphatic carbocycles. The monoisotopic (exact) mass is 365 g/mol. The van der Waals surface area contributed by atoms with Crippen LogP contribution in [0.1, 0.15) is 11.1 Å². The first-order valence-electron chi connectivity index (χ1n) is 8.20. The van der Waals surface area contributed by atoms with Gasteiger partial charge in [-0.1, -0.05) is 36.4 Å². The van der Waals surface area contributed by atoms with Crippen molar-refractivity contribution in [2.24, 2.45) is 11.5 Å². The maximum absolute atomic E-state index is 12.3. The number of aliphatic carboxylic acids is 1. The second-order valence-corrected chi connectivity index (χ2v) is 6.15. The molecule has 0 spiro atoms. The smallest absolute Gasteiger partial charge is 0.320 e. The van der Waals surface area contributed by atoms with Gasteiger partial charge in [0.2, 0.25) is 0 Å². The van der Waals surface area contributed by atoms with Crippen LogP contribution in [0.25, 0.3) is 16.9 Å². The number of hydrogen-bond acceptors (Lipinski definition) is 4. The number of rotatable bonds is 6. The van der Waals surface area contributed by atoms with Gasteiger partial charge in [-0.25, -0.2) is 4.68 Å². The molecule has 2 aromatic carbocycles. The average molecular weight is 365 g/mol. The third kappa shape index (κ3) is 3.96. The molecule has 0 fully saturated rings. The van der Waals surface area contributed by atoms with Crippen LogP contribution in [0.4, 0.5) is 0 Å². The Kier molecular flexibility index (Phi) is 4.91. The maximum atomic E-state index is 12.3. The summed E-state index contributed by atoms with van der Waals surface area (Å²) in [5.74, 6) is -1.07. The van der Waals surface area contributed by atoms with Crippen molar-refractivity contribution < 1.29 is 9.90 Å². The predicted octanol–water partition coefficient (Wildman–Crippen LogP) is 1.07. The van der Waals surface area contributed by atoms with E-state index in [4.69, 9.17) is 22.0 Å². The number of nitrogen functional groups attached to an aromatic ring is 1. The lowest BCUT2D eigenvalue weighted by atomic mass is 10.1. The van der Waals surface area contributed by atoms with E-state index < -0.39 is 12.0 Å². The minimum absolute atomic E-state index is 0.0182. The Morgan fingerprint density at radius 2 is 1.78 bits per heavy atom. The van der Waals surface area contributed by atoms with Crippen molar-refractivity contribution in [3.8, 4) is 16.9 Å². The number of carboxylic acids is 1. The molecule has 3 rings (SSSR count). The first-order chi connectivity index (χ1) is 12.8. The number of hydrogen-bond donors (Lipinski definition) is 5. The average Bonchev–Trinajstić information content (AvgIpc) is 3.04. The minimum Gasteiger partial charge on any atom is -0.480 e. The van der Waals surface area contributed by atoms with Gasteiger partial charge in [0.25, 0.3) is 5.56 Å². The van der Waals surface area contributed by atoms with Crippen LogP contribution in [0, 0.1) is 5.41 Å². The lowest BCUT2D eigenvalue weighted by Gasteiger charge is -2.08. The Bertz CT molecular complexity index is 1030. The molecule has 0 saturated carbocycles. The van der Waals surface area contributed by atoms with Crippen LogP contribution < -0.4 is 17.0 Å². The van der Waals surface area contributed by atoms with Gasteiger partial charge in [-0.15, -0.1) is 0 Å². The van der Waals surface area contributed by atoms with Gasteiger partial charge < -0.3 is 16.6 Å². The van der Waals surface area contributed by atoms with E-state index in [9.17, 15) is 9.59 Å². The van der Waals surface area contributed by atoms with Crippen LogP contribution >= 0.6 is 0 Å². The molecule has 0 saturated heterocycles. The molecular formula is C19H19N5O3. The number of carboxylic acid groups (broad SMARTS) is 1. The molecule has 138 valence electrons. The quantitative estimate of drug-likeness (QED) is 0.327. The summed E-state index contributed by atoms with van der Waals surface area (Å²) < 4.78 is 1.40. The lowest BCUT2D eigenvalue weighted by Crippen LogP contribution is -2.32. The van der Waals surface area contributed by atoms with Gasteiger partial charge in [0.05, 0.1) is 11.4 Å². The number of amidine groups is 1. The van der Waals surface area contributed by atoms with E-state index in [-0.39, 0.29) is 17.8 Å². The van der Waals surface area contributed by atoms with E-state index in [1.165, 1.54) is 10.7 Å². The molecule has 1 atom stereocenters. The van der Waals surface area contributed by atoms with Gasteiger partial charge in [-0.05, 0) is 29.7 Å². The molecule has 0 aliphatic rings. The predicted molar refractivity (Wildman–Crippen MR) is 102 cm³/mol. The summed E-state index contributed by atoms with van der Waals surface area (Å²) in [6, 6.07) is 14.5. The van der Waals surface area contributed by atoms with Crippen LogP contribution in [0.2, 0.25) is 0 Å². The fourth-order valence-electron chi connectivity index (χ4n) is 2.69. The molecule has 0 bridgehead atoms. The molecule has 1 aromatic heterocycles. The van der Waals surface area contributed by atoms with Crippen LogP contribution in [-0.4, -0.2) is 32.7 Å². The summed E-state index contributed by atoms with van der Waals surface area (Å²) in [4.78, 5) is 23.2. The summed E-state index contributed by atoms with van der Waals surface area (Å²) in [6.07, 6.45) is 0.211. The van der Waals surface area contributed by atoms with Crippen molar-refractivity contribution in [3.05, 3.63) is 76.1 Å². The molecule has 3 aromatic rings. The second kappa shape index (κ2) is 7.30. The van der Waals surface area contributed by atoms with Crippen molar-refractivity contribution in [3.63, 3.8) is 0 Å². The summed E-state index contributed by atoms with van der Waals surface area (Å²) in [5.41, 5.74) is 14.2. The number of aromatic nitrogens is 2. The fraction of sp³-hybridized carbons (Fsp3) is 0.105. The number of nitrogens with one attached hydrogen (secondary N) is 2. The molecule has 1 heterocycles. The van der Waals surface area contributed by atoms with Crippen molar-refractivity contribution in [2.75, 3.05) is 0 Å². The van der Waals surface area contributed by atoms with Crippen LogP contribution in [0.5, 0.6) is 0 Å². The molecule has 0 radical (unpaired) electrons.